The van der Waals surface area contributed by atoms with Gasteiger partial charge in [0.25, 0.3) is 0 Å². The number of fused-ring (bicyclic) bond motifs is 1. The summed E-state index contributed by atoms with van der Waals surface area (Å²) in [5, 5.41) is 13.5. The summed E-state index contributed by atoms with van der Waals surface area (Å²) in [6.07, 6.45) is 3.64. The van der Waals surface area contributed by atoms with Gasteiger partial charge in [0.05, 0.1) is 19.8 Å². The van der Waals surface area contributed by atoms with E-state index < -0.39 is 0 Å². The highest BCUT2D eigenvalue weighted by molar-refractivity contribution is 7.99. The van der Waals surface area contributed by atoms with Crippen LogP contribution in [-0.2, 0) is 6.61 Å². The van der Waals surface area contributed by atoms with Crippen LogP contribution in [0.4, 0.5) is 0 Å². The third kappa shape index (κ3) is 5.50. The summed E-state index contributed by atoms with van der Waals surface area (Å²) >= 11 is 1.89. The van der Waals surface area contributed by atoms with E-state index in [0.717, 1.165) is 17.1 Å². The zero-order valence-electron chi connectivity index (χ0n) is 17.0. The Morgan fingerprint density at radius 3 is 2.56 bits per heavy atom. The van der Waals surface area contributed by atoms with E-state index in [1.165, 1.54) is 35.3 Å². The van der Waals surface area contributed by atoms with Gasteiger partial charge in [0.15, 0.2) is 0 Å². The van der Waals surface area contributed by atoms with Crippen LogP contribution in [0.1, 0.15) is 62.8 Å². The van der Waals surface area contributed by atoms with Gasteiger partial charge < -0.3 is 15.2 Å². The Bertz CT molecular complexity index is 690. The molecule has 27 heavy (non-hydrogen) atoms. The molecule has 1 heterocycles. The topological polar surface area (TPSA) is 41.5 Å². The number of hydrogen-bond donors (Lipinski definition) is 2. The van der Waals surface area contributed by atoms with E-state index in [2.05, 4.69) is 54.7 Å². The van der Waals surface area contributed by atoms with Gasteiger partial charge in [-0.3, -0.25) is 0 Å². The molecule has 4 heteroatoms. The lowest BCUT2D eigenvalue weighted by atomic mass is 9.95. The third-order valence-electron chi connectivity index (χ3n) is 4.78. The summed E-state index contributed by atoms with van der Waals surface area (Å²) in [6, 6.07) is 15.4. The summed E-state index contributed by atoms with van der Waals surface area (Å²) in [4.78, 5) is 1.24. The van der Waals surface area contributed by atoms with Gasteiger partial charge in [-0.05, 0) is 29.7 Å². The van der Waals surface area contributed by atoms with E-state index in [1.807, 2.05) is 25.6 Å². The van der Waals surface area contributed by atoms with Crippen LogP contribution in [0.2, 0.25) is 0 Å². The first-order valence-corrected chi connectivity index (χ1v) is 11.0. The maximum absolute atomic E-state index is 9.67. The molecule has 1 aliphatic rings. The van der Waals surface area contributed by atoms with Gasteiger partial charge in [0.2, 0.25) is 0 Å². The van der Waals surface area contributed by atoms with Crippen molar-refractivity contribution in [3.8, 4) is 5.75 Å². The SMILES string of the molecule is CC.CCCCC1CSc2cc(CO)c(OC)cc2C(c2ccccc2)N1. The van der Waals surface area contributed by atoms with E-state index in [4.69, 9.17) is 4.74 Å². The van der Waals surface area contributed by atoms with Crippen LogP contribution in [-0.4, -0.2) is 24.0 Å². The molecule has 0 saturated heterocycles. The molecular formula is C23H33NO2S. The van der Waals surface area contributed by atoms with Crippen molar-refractivity contribution in [2.75, 3.05) is 12.9 Å². The van der Waals surface area contributed by atoms with Crippen LogP contribution in [0.5, 0.6) is 5.75 Å². The second kappa shape index (κ2) is 11.4. The number of unbranched alkanes of at least 4 members (excludes halogenated alkanes) is 1. The Labute approximate surface area is 168 Å². The lowest BCUT2D eigenvalue weighted by molar-refractivity contribution is 0.273. The quantitative estimate of drug-likeness (QED) is 0.681. The minimum atomic E-state index is -0.000289. The lowest BCUT2D eigenvalue weighted by Crippen LogP contribution is -2.34. The number of thioether (sulfide) groups is 1. The molecule has 3 rings (SSSR count). The highest BCUT2D eigenvalue weighted by atomic mass is 32.2. The average Bonchev–Trinajstić information content (AvgIpc) is 2.92. The Morgan fingerprint density at radius 2 is 1.93 bits per heavy atom. The van der Waals surface area contributed by atoms with E-state index in [9.17, 15) is 5.11 Å². The summed E-state index contributed by atoms with van der Waals surface area (Å²) in [5.41, 5.74) is 3.36. The fourth-order valence-corrected chi connectivity index (χ4v) is 4.60. The standard InChI is InChI=1S/C21H27NO2S.C2H6/c1-3-4-10-17-14-25-20-11-16(13-23)19(24-2)12-18(20)21(22-17)15-8-6-5-7-9-15;1-2/h5-9,11-12,17,21-23H,3-4,10,13-14H2,1-2H3;1-2H3. The van der Waals surface area contributed by atoms with Crippen LogP contribution in [0.3, 0.4) is 0 Å². The van der Waals surface area contributed by atoms with E-state index in [0.29, 0.717) is 6.04 Å². The largest absolute Gasteiger partial charge is 0.496 e. The number of aliphatic hydroxyl groups is 1. The van der Waals surface area contributed by atoms with Gasteiger partial charge in [-0.1, -0.05) is 63.9 Å². The molecule has 1 aliphatic heterocycles. The minimum Gasteiger partial charge on any atom is -0.496 e. The first-order valence-electron chi connectivity index (χ1n) is 10.0. The monoisotopic (exact) mass is 387 g/mol. The molecule has 2 atom stereocenters. The molecule has 0 bridgehead atoms. The molecule has 0 spiro atoms. The van der Waals surface area contributed by atoms with Crippen LogP contribution < -0.4 is 10.1 Å². The van der Waals surface area contributed by atoms with Crippen molar-refractivity contribution in [3.63, 3.8) is 0 Å². The normalized spacial score (nSPS) is 18.7. The van der Waals surface area contributed by atoms with Gasteiger partial charge in [0.1, 0.15) is 5.75 Å². The maximum atomic E-state index is 9.67. The molecule has 0 radical (unpaired) electrons. The van der Waals surface area contributed by atoms with Crippen molar-refractivity contribution in [2.24, 2.45) is 0 Å². The molecule has 2 aromatic carbocycles. The molecule has 2 aromatic rings. The van der Waals surface area contributed by atoms with E-state index in [1.54, 1.807) is 7.11 Å². The number of benzene rings is 2. The number of rotatable bonds is 6. The molecular weight excluding hydrogens is 354 g/mol. The summed E-state index contributed by atoms with van der Waals surface area (Å²) in [5.74, 6) is 1.81. The summed E-state index contributed by atoms with van der Waals surface area (Å²) in [6.45, 7) is 6.24. The second-order valence-corrected chi connectivity index (χ2v) is 7.58. The first-order chi connectivity index (χ1) is 13.3. The number of hydrogen-bond acceptors (Lipinski definition) is 4. The Balaban J connectivity index is 0.00000126. The van der Waals surface area contributed by atoms with Crippen molar-refractivity contribution in [1.29, 1.82) is 0 Å². The van der Waals surface area contributed by atoms with Gasteiger partial charge in [-0.25, -0.2) is 0 Å². The Kier molecular flexibility index (Phi) is 9.19. The molecule has 148 valence electrons. The summed E-state index contributed by atoms with van der Waals surface area (Å²) in [7, 11) is 1.67. The van der Waals surface area contributed by atoms with Crippen molar-refractivity contribution >= 4 is 11.8 Å². The maximum Gasteiger partial charge on any atom is 0.124 e. The molecule has 0 saturated carbocycles. The lowest BCUT2D eigenvalue weighted by Gasteiger charge is -2.24. The van der Waals surface area contributed by atoms with Crippen LogP contribution in [0.25, 0.3) is 0 Å². The highest BCUT2D eigenvalue weighted by Crippen LogP contribution is 2.39. The van der Waals surface area contributed by atoms with Gasteiger partial charge in [-0.15, -0.1) is 11.8 Å². The molecule has 2 N–H and O–H groups in total. The predicted octanol–water partition coefficient (Wildman–Crippen LogP) is 5.56. The minimum absolute atomic E-state index is 0.000289. The van der Waals surface area contributed by atoms with Crippen molar-refractivity contribution < 1.29 is 9.84 Å². The van der Waals surface area contributed by atoms with Crippen molar-refractivity contribution in [3.05, 3.63) is 59.2 Å². The number of methoxy groups -OCH3 is 1. The second-order valence-electron chi connectivity index (χ2n) is 6.52. The summed E-state index contributed by atoms with van der Waals surface area (Å²) < 4.78 is 5.52. The van der Waals surface area contributed by atoms with Crippen LogP contribution >= 0.6 is 11.8 Å². The molecule has 0 amide bonds. The molecule has 0 aliphatic carbocycles. The number of ether oxygens (including phenoxy) is 1. The Morgan fingerprint density at radius 1 is 1.19 bits per heavy atom. The zero-order valence-corrected chi connectivity index (χ0v) is 17.8. The van der Waals surface area contributed by atoms with Crippen molar-refractivity contribution in [1.82, 2.24) is 5.32 Å². The van der Waals surface area contributed by atoms with E-state index in [-0.39, 0.29) is 12.6 Å². The van der Waals surface area contributed by atoms with E-state index >= 15 is 0 Å². The van der Waals surface area contributed by atoms with Crippen LogP contribution in [0.15, 0.2) is 47.4 Å². The van der Waals surface area contributed by atoms with Crippen LogP contribution in [0, 0.1) is 0 Å². The van der Waals surface area contributed by atoms with Crippen molar-refractivity contribution in [2.45, 2.75) is 63.6 Å². The molecule has 0 aromatic heterocycles. The molecule has 2 unspecified atom stereocenters. The third-order valence-corrected chi connectivity index (χ3v) is 6.01. The fraction of sp³-hybridized carbons (Fsp3) is 0.478. The predicted molar refractivity (Wildman–Crippen MR) is 116 cm³/mol. The van der Waals surface area contributed by atoms with Gasteiger partial charge in [-0.2, -0.15) is 0 Å². The fourth-order valence-electron chi connectivity index (χ4n) is 3.38. The Hall–Kier alpha value is -1.49. The average molecular weight is 388 g/mol. The highest BCUT2D eigenvalue weighted by Gasteiger charge is 2.26. The molecule has 0 fully saturated rings. The smallest absolute Gasteiger partial charge is 0.124 e. The number of nitrogens with one attached hydrogen (secondary N) is 1. The first kappa shape index (κ1) is 21.8. The number of aliphatic hydroxyl groups excluding tert-OH is 1. The zero-order chi connectivity index (χ0) is 19.6. The van der Waals surface area contributed by atoms with Gasteiger partial charge in [0, 0.05) is 22.3 Å². The van der Waals surface area contributed by atoms with Gasteiger partial charge >= 0.3 is 0 Å². The molecule has 3 nitrogen and oxygen atoms in total.